The van der Waals surface area contributed by atoms with Gasteiger partial charge in [0.1, 0.15) is 19.3 Å². The van der Waals surface area contributed by atoms with Gasteiger partial charge in [0, 0.05) is 51.0 Å². The van der Waals surface area contributed by atoms with Crippen molar-refractivity contribution in [2.45, 2.75) is 180 Å². The van der Waals surface area contributed by atoms with Gasteiger partial charge >= 0.3 is 35.8 Å². The number of cyclic esters (lactones) is 6. The van der Waals surface area contributed by atoms with Crippen LogP contribution in [0.2, 0.25) is 0 Å². The molecule has 0 unspecified atom stereocenters. The largest absolute Gasteiger partial charge is 0.465 e. The first-order valence-corrected chi connectivity index (χ1v) is 23.2. The summed E-state index contributed by atoms with van der Waals surface area (Å²) in [5.41, 5.74) is 0. The summed E-state index contributed by atoms with van der Waals surface area (Å²) in [4.78, 5) is 90.3. The minimum Gasteiger partial charge on any atom is -0.465 e. The summed E-state index contributed by atoms with van der Waals surface area (Å²) in [6, 6.07) is 0. The Morgan fingerprint density at radius 3 is 0.683 bits per heavy atom. The van der Waals surface area contributed by atoms with E-state index in [1.54, 1.807) is 0 Å². The van der Waals surface area contributed by atoms with Gasteiger partial charge in [-0.05, 0) is 74.6 Å². The summed E-state index contributed by atoms with van der Waals surface area (Å²) < 4.78 is 30.6. The van der Waals surface area contributed by atoms with Crippen LogP contribution in [0.15, 0.2) is 0 Å². The number of ether oxygens (including phenoxy) is 6. The first kappa shape index (κ1) is 65.2. The Labute approximate surface area is 414 Å². The summed E-state index contributed by atoms with van der Waals surface area (Å²) >= 11 is 9.46. The normalized spacial score (nSPS) is 18.0. The number of hydrogen-bond donors (Lipinski definition) is 2. The maximum atomic E-state index is 11.8. The van der Waals surface area contributed by atoms with Gasteiger partial charge in [-0.1, -0.05) is 103 Å². The van der Waals surface area contributed by atoms with Crippen molar-refractivity contribution in [2.75, 3.05) is 52.9 Å². The molecular weight excluding hydrogens is 895 g/mol. The van der Waals surface area contributed by atoms with Crippen molar-refractivity contribution in [3.8, 4) is 0 Å². The van der Waals surface area contributed by atoms with Gasteiger partial charge < -0.3 is 38.6 Å². The number of esters is 6. The van der Waals surface area contributed by atoms with Crippen molar-refractivity contribution in [3.63, 3.8) is 0 Å². The van der Waals surface area contributed by atoms with E-state index in [4.69, 9.17) is 61.8 Å². The molecule has 2 N–H and O–H groups in total. The van der Waals surface area contributed by atoms with E-state index in [0.29, 0.717) is 51.7 Å². The summed E-state index contributed by atoms with van der Waals surface area (Å²) in [5, 5.41) is 15.4. The molecule has 0 atom stereocenters. The third kappa shape index (κ3) is 56.0. The first-order chi connectivity index (χ1) is 29.9. The Bertz CT molecular complexity index is 1010. The maximum absolute atomic E-state index is 11.8. The van der Waals surface area contributed by atoms with Gasteiger partial charge in [0.15, 0.2) is 0 Å². The quantitative estimate of drug-likeness (QED) is 0.0742. The van der Waals surface area contributed by atoms with Crippen LogP contribution >= 0.6 is 23.2 Å². The molecule has 1 aliphatic heterocycles. The van der Waals surface area contributed by atoms with Gasteiger partial charge in [0.05, 0.1) is 46.1 Å². The molecule has 1 rings (SSSR count). The molecule has 16 nitrogen and oxygen atoms in total. The van der Waals surface area contributed by atoms with Crippen molar-refractivity contribution in [1.29, 1.82) is 0 Å². The van der Waals surface area contributed by atoms with Crippen LogP contribution in [-0.2, 0) is 66.8 Å². The van der Waals surface area contributed by atoms with E-state index in [1.165, 1.54) is 12.8 Å². The van der Waals surface area contributed by atoms with Crippen molar-refractivity contribution >= 4 is 69.5 Å². The molecule has 63 heavy (non-hydrogen) atoms. The van der Waals surface area contributed by atoms with E-state index in [1.807, 2.05) is 0 Å². The van der Waals surface area contributed by atoms with E-state index in [-0.39, 0.29) is 83.8 Å². The Kier molecular flexibility index (Phi) is 52.7. The minimum atomic E-state index is -0.722. The van der Waals surface area contributed by atoms with Crippen molar-refractivity contribution in [2.24, 2.45) is 0 Å². The average Bonchev–Trinajstić information content (AvgIpc) is 3.20. The molecular formula is C44H74ArCl2O16. The number of aliphatic hydroxyl groups is 2. The molecule has 0 bridgehead atoms. The molecule has 19 heteroatoms. The summed E-state index contributed by atoms with van der Waals surface area (Å²) in [6.07, 6.45) is 20.1. The second kappa shape index (κ2) is 50.9. The van der Waals surface area contributed by atoms with Gasteiger partial charge in [0.25, 0.3) is 0 Å². The number of carbonyl (C=O) groups excluding carboxylic acids is 8. The van der Waals surface area contributed by atoms with E-state index in [0.717, 1.165) is 103 Å². The van der Waals surface area contributed by atoms with E-state index < -0.39 is 65.6 Å². The Balaban J connectivity index is -0.00000167. The van der Waals surface area contributed by atoms with Crippen LogP contribution in [0.5, 0.6) is 0 Å². The zero-order valence-electron chi connectivity index (χ0n) is 37.2. The summed E-state index contributed by atoms with van der Waals surface area (Å²) in [5.74, 6) is -3.54. The van der Waals surface area contributed by atoms with Crippen LogP contribution in [0.4, 0.5) is 0 Å². The molecule has 1 aliphatic rings. The molecule has 1 saturated heterocycles. The van der Waals surface area contributed by atoms with Crippen molar-refractivity contribution in [1.82, 2.24) is 0 Å². The number of rotatable bonds is 9. The molecule has 1 fully saturated rings. The average molecular weight is 970 g/mol. The molecule has 0 amide bonds. The van der Waals surface area contributed by atoms with Crippen molar-refractivity contribution in [3.05, 3.63) is 0 Å². The Morgan fingerprint density at radius 2 is 0.524 bits per heavy atom. The fourth-order valence-electron chi connectivity index (χ4n) is 5.55. The SMILES string of the molecule is O=C(Cl)CC(=O)Cl.O=C1CC(=O)OCCCCCCCCOC(=O)CC(=O)OCCCCCCCCOC(=O)CC(=O)OCCCCCCCCO1.OCCCCCCCCO.[Ar]. The molecule has 1 heterocycles. The van der Waals surface area contributed by atoms with Gasteiger partial charge in [-0.15, -0.1) is 0 Å². The summed E-state index contributed by atoms with van der Waals surface area (Å²) in [7, 11) is 0. The predicted octanol–water partition coefficient (Wildman–Crippen LogP) is 7.67. The predicted molar refractivity (Wildman–Crippen MR) is 231 cm³/mol. The molecule has 368 valence electrons. The fraction of sp³-hybridized carbons (Fsp3) is 0.818. The first-order valence-electron chi connectivity index (χ1n) is 22.4. The number of hydrogen-bond acceptors (Lipinski definition) is 16. The summed E-state index contributed by atoms with van der Waals surface area (Å²) in [6.45, 7) is 2.17. The van der Waals surface area contributed by atoms with Crippen LogP contribution in [0.25, 0.3) is 0 Å². The van der Waals surface area contributed by atoms with Gasteiger partial charge in [0.2, 0.25) is 10.5 Å². The number of unbranched alkanes of at least 4 members (excludes halogenated alkanes) is 5. The molecule has 0 aromatic heterocycles. The van der Waals surface area contributed by atoms with Gasteiger partial charge in [-0.25, -0.2) is 0 Å². The fourth-order valence-corrected chi connectivity index (χ4v) is 5.86. The van der Waals surface area contributed by atoms with E-state index in [2.05, 4.69) is 0 Å². The Hall–Kier alpha value is -2.08. The van der Waals surface area contributed by atoms with E-state index in [9.17, 15) is 38.4 Å². The second-order valence-electron chi connectivity index (χ2n) is 14.7. The van der Waals surface area contributed by atoms with Crippen molar-refractivity contribution < 1.29 is 115 Å². The molecule has 0 aromatic carbocycles. The maximum Gasteiger partial charge on any atom is 0.317 e. The number of carbonyl (C=O) groups is 8. The van der Waals surface area contributed by atoms with Crippen LogP contribution in [0.3, 0.4) is 0 Å². The topological polar surface area (TPSA) is 232 Å². The zero-order valence-corrected chi connectivity index (χ0v) is 39.4. The molecule has 0 aromatic rings. The molecule has 0 aliphatic carbocycles. The third-order valence-electron chi connectivity index (χ3n) is 8.90. The van der Waals surface area contributed by atoms with Crippen LogP contribution < -0.4 is 0 Å². The monoisotopic (exact) mass is 968 g/mol. The zero-order chi connectivity index (χ0) is 46.3. The Morgan fingerprint density at radius 1 is 0.349 bits per heavy atom. The van der Waals surface area contributed by atoms with Gasteiger partial charge in [-0.3, -0.25) is 38.4 Å². The standard InChI is InChI=1S/C33H54O12.C8H18O2.C3H2Cl2O2.Ar/c34-28-25-30(36)42-21-15-9-3-4-11-17-23-44-32(38)27-33(39)45-24-18-12-6-5-10-16-22-43-31(37)26-29(35)41-20-14-8-2-1-7-13-19-40-28;9-7-5-3-1-2-4-6-8-10;4-2(6)1-3(5)7;/h1-27H2;9-10H,1-8H2;1H2;. The molecule has 0 saturated carbocycles. The third-order valence-corrected chi connectivity index (χ3v) is 9.17. The van der Waals surface area contributed by atoms with Crippen LogP contribution in [0.1, 0.15) is 180 Å². The van der Waals surface area contributed by atoms with Crippen LogP contribution in [-0.4, -0.2) is 109 Å². The number of halogens is 2. The van der Waals surface area contributed by atoms with E-state index >= 15 is 0 Å². The van der Waals surface area contributed by atoms with Crippen LogP contribution in [0, 0.1) is 37.7 Å². The smallest absolute Gasteiger partial charge is 0.317 e. The number of aliphatic hydroxyl groups excluding tert-OH is 2. The van der Waals surface area contributed by atoms with Gasteiger partial charge in [-0.2, -0.15) is 0 Å². The minimum absolute atomic E-state index is 0. The molecule has 0 radical (unpaired) electrons. The second-order valence-corrected chi connectivity index (χ2v) is 15.5. The molecule has 0 spiro atoms.